The second-order valence-electron chi connectivity index (χ2n) is 6.11. The van der Waals surface area contributed by atoms with E-state index in [9.17, 15) is 8.78 Å². The van der Waals surface area contributed by atoms with Crippen molar-refractivity contribution in [1.29, 1.82) is 0 Å². The third-order valence-electron chi connectivity index (χ3n) is 4.43. The molecule has 0 bridgehead atoms. The van der Waals surface area contributed by atoms with Crippen molar-refractivity contribution in [3.63, 3.8) is 0 Å². The van der Waals surface area contributed by atoms with Crippen LogP contribution in [0.1, 0.15) is 26.2 Å². The minimum atomic E-state index is -0.545. The fraction of sp³-hybridized carbons (Fsp3) is 0.600. The number of nitrogens with one attached hydrogen (secondary N) is 1. The summed E-state index contributed by atoms with van der Waals surface area (Å²) in [4.78, 5) is 2.05. The molecule has 2 nitrogen and oxygen atoms in total. The van der Waals surface area contributed by atoms with Crippen molar-refractivity contribution >= 4 is 21.6 Å². The van der Waals surface area contributed by atoms with Crippen LogP contribution in [0, 0.1) is 17.6 Å². The third kappa shape index (κ3) is 2.70. The Morgan fingerprint density at radius 3 is 2.75 bits per heavy atom. The van der Waals surface area contributed by atoms with Crippen LogP contribution < -0.4 is 10.2 Å². The van der Waals surface area contributed by atoms with Crippen LogP contribution >= 0.6 is 15.9 Å². The molecule has 110 valence electrons. The normalized spacial score (nSPS) is 27.5. The predicted octanol–water partition coefficient (Wildman–Crippen LogP) is 3.70. The topological polar surface area (TPSA) is 15.3 Å². The van der Waals surface area contributed by atoms with Crippen molar-refractivity contribution in [3.8, 4) is 0 Å². The molecule has 1 aliphatic heterocycles. The molecule has 1 aromatic carbocycles. The van der Waals surface area contributed by atoms with Crippen LogP contribution in [0.15, 0.2) is 16.6 Å². The summed E-state index contributed by atoms with van der Waals surface area (Å²) in [6.07, 6.45) is 3.44. The molecule has 5 heteroatoms. The van der Waals surface area contributed by atoms with Crippen molar-refractivity contribution in [2.45, 2.75) is 31.7 Å². The highest BCUT2D eigenvalue weighted by atomic mass is 79.9. The third-order valence-corrected chi connectivity index (χ3v) is 5.03. The first-order valence-electron chi connectivity index (χ1n) is 7.14. The van der Waals surface area contributed by atoms with Crippen LogP contribution in [0.25, 0.3) is 0 Å². The minimum Gasteiger partial charge on any atom is -0.366 e. The van der Waals surface area contributed by atoms with Crippen LogP contribution in [0.3, 0.4) is 0 Å². The first kappa shape index (κ1) is 14.3. The molecular weight excluding hydrogens is 326 g/mol. The summed E-state index contributed by atoms with van der Waals surface area (Å²) in [6.45, 7) is 4.72. The lowest BCUT2D eigenvalue weighted by Gasteiger charge is -2.35. The van der Waals surface area contributed by atoms with Crippen LogP contribution in [-0.4, -0.2) is 25.2 Å². The Balaban J connectivity index is 1.92. The number of hydrogen-bond donors (Lipinski definition) is 1. The highest BCUT2D eigenvalue weighted by Crippen LogP contribution is 2.42. The zero-order valence-corrected chi connectivity index (χ0v) is 13.1. The summed E-state index contributed by atoms with van der Waals surface area (Å²) in [5.41, 5.74) is 0.513. The van der Waals surface area contributed by atoms with Crippen molar-refractivity contribution in [1.82, 2.24) is 5.32 Å². The molecule has 0 amide bonds. The molecule has 1 N–H and O–H groups in total. The van der Waals surface area contributed by atoms with E-state index in [-0.39, 0.29) is 5.54 Å². The smallest absolute Gasteiger partial charge is 0.150 e. The first-order valence-corrected chi connectivity index (χ1v) is 7.93. The summed E-state index contributed by atoms with van der Waals surface area (Å²) >= 11 is 3.31. The number of hydrogen-bond acceptors (Lipinski definition) is 2. The minimum absolute atomic E-state index is 0.0246. The van der Waals surface area contributed by atoms with Crippen molar-refractivity contribution in [2.75, 3.05) is 24.5 Å². The molecule has 1 unspecified atom stereocenters. The van der Waals surface area contributed by atoms with Gasteiger partial charge in [0.05, 0.1) is 5.69 Å². The van der Waals surface area contributed by atoms with Gasteiger partial charge >= 0.3 is 0 Å². The SMILES string of the molecule is CC1(C2CC2)CN(c2c(F)cc(F)cc2Br)CCCN1. The monoisotopic (exact) mass is 344 g/mol. The maximum atomic E-state index is 14.2. The first-order chi connectivity index (χ1) is 9.49. The van der Waals surface area contributed by atoms with Gasteiger partial charge in [-0.1, -0.05) is 0 Å². The van der Waals surface area contributed by atoms with E-state index in [4.69, 9.17) is 0 Å². The van der Waals surface area contributed by atoms with E-state index in [1.165, 1.54) is 18.9 Å². The molecule has 0 aromatic heterocycles. The molecule has 2 aliphatic rings. The quantitative estimate of drug-likeness (QED) is 0.879. The standard InChI is InChI=1S/C15H19BrF2N2/c1-15(10-3-4-10)9-20(6-2-5-19-15)14-12(16)7-11(17)8-13(14)18/h7-8,10,19H,2-6,9H2,1H3. The summed E-state index contributed by atoms with van der Waals surface area (Å²) < 4.78 is 27.9. The fourth-order valence-corrected chi connectivity index (χ4v) is 3.86. The Morgan fingerprint density at radius 2 is 2.10 bits per heavy atom. The predicted molar refractivity (Wildman–Crippen MR) is 80.0 cm³/mol. The number of benzene rings is 1. The zero-order chi connectivity index (χ0) is 14.3. The van der Waals surface area contributed by atoms with Gasteiger partial charge in [-0.15, -0.1) is 0 Å². The summed E-state index contributed by atoms with van der Waals surface area (Å²) in [5, 5.41) is 3.62. The molecule has 1 aliphatic carbocycles. The van der Waals surface area contributed by atoms with Crippen molar-refractivity contribution < 1.29 is 8.78 Å². The van der Waals surface area contributed by atoms with E-state index in [1.54, 1.807) is 0 Å². The van der Waals surface area contributed by atoms with Gasteiger partial charge in [0.2, 0.25) is 0 Å². The van der Waals surface area contributed by atoms with Gasteiger partial charge < -0.3 is 10.2 Å². The Bertz CT molecular complexity index is 496. The van der Waals surface area contributed by atoms with Crippen LogP contribution in [-0.2, 0) is 0 Å². The van der Waals surface area contributed by atoms with E-state index in [0.717, 1.165) is 32.1 Å². The molecule has 0 spiro atoms. The van der Waals surface area contributed by atoms with Gasteiger partial charge in [-0.05, 0) is 60.6 Å². The Hall–Kier alpha value is -0.680. The van der Waals surface area contributed by atoms with E-state index in [1.807, 2.05) is 0 Å². The lowest BCUT2D eigenvalue weighted by Crippen LogP contribution is -2.51. The van der Waals surface area contributed by atoms with E-state index < -0.39 is 11.6 Å². The number of halogens is 3. The van der Waals surface area contributed by atoms with Gasteiger partial charge in [0.15, 0.2) is 5.82 Å². The van der Waals surface area contributed by atoms with Gasteiger partial charge in [-0.2, -0.15) is 0 Å². The highest BCUT2D eigenvalue weighted by Gasteiger charge is 2.43. The van der Waals surface area contributed by atoms with Crippen molar-refractivity contribution in [3.05, 3.63) is 28.2 Å². The van der Waals surface area contributed by atoms with Gasteiger partial charge in [0.1, 0.15) is 5.82 Å². The van der Waals surface area contributed by atoms with Gasteiger partial charge in [-0.3, -0.25) is 0 Å². The summed E-state index contributed by atoms with van der Waals surface area (Å²) in [5.74, 6) is -0.363. The van der Waals surface area contributed by atoms with Gasteiger partial charge in [0.25, 0.3) is 0 Å². The molecule has 1 heterocycles. The maximum absolute atomic E-state index is 14.2. The van der Waals surface area contributed by atoms with Crippen LogP contribution in [0.4, 0.5) is 14.5 Å². The molecule has 0 radical (unpaired) electrons. The number of nitrogens with zero attached hydrogens (tertiary/aromatic N) is 1. The molecule has 1 aromatic rings. The largest absolute Gasteiger partial charge is 0.366 e. The van der Waals surface area contributed by atoms with Crippen LogP contribution in [0.5, 0.6) is 0 Å². The van der Waals surface area contributed by atoms with Crippen molar-refractivity contribution in [2.24, 2.45) is 5.92 Å². The average Bonchev–Trinajstić information content (AvgIpc) is 3.15. The second-order valence-corrected chi connectivity index (χ2v) is 6.97. The Labute approximate surface area is 126 Å². The molecule has 3 rings (SSSR count). The average molecular weight is 345 g/mol. The lowest BCUT2D eigenvalue weighted by molar-refractivity contribution is 0.331. The molecule has 1 atom stereocenters. The van der Waals surface area contributed by atoms with Crippen LogP contribution in [0.2, 0.25) is 0 Å². The zero-order valence-electron chi connectivity index (χ0n) is 11.6. The Morgan fingerprint density at radius 1 is 1.35 bits per heavy atom. The summed E-state index contributed by atoms with van der Waals surface area (Å²) in [7, 11) is 0. The highest BCUT2D eigenvalue weighted by molar-refractivity contribution is 9.10. The lowest BCUT2D eigenvalue weighted by atomic mass is 9.95. The molecule has 1 saturated heterocycles. The molecule has 20 heavy (non-hydrogen) atoms. The van der Waals surface area contributed by atoms with Gasteiger partial charge in [0, 0.05) is 29.2 Å². The fourth-order valence-electron chi connectivity index (χ4n) is 3.20. The second kappa shape index (κ2) is 5.26. The maximum Gasteiger partial charge on any atom is 0.150 e. The molecular formula is C15H19BrF2N2. The van der Waals surface area contributed by atoms with Gasteiger partial charge in [-0.25, -0.2) is 8.78 Å². The number of anilines is 1. The van der Waals surface area contributed by atoms with E-state index >= 15 is 0 Å². The number of rotatable bonds is 2. The molecule has 2 fully saturated rings. The summed E-state index contributed by atoms with van der Waals surface area (Å²) in [6, 6.07) is 2.30. The Kier molecular flexibility index (Phi) is 3.75. The van der Waals surface area contributed by atoms with E-state index in [2.05, 4.69) is 33.1 Å². The van der Waals surface area contributed by atoms with E-state index in [0.29, 0.717) is 16.1 Å². The molecule has 1 saturated carbocycles.